The van der Waals surface area contributed by atoms with Crippen molar-refractivity contribution in [3.05, 3.63) is 54.7 Å². The quantitative estimate of drug-likeness (QED) is 0.771. The summed E-state index contributed by atoms with van der Waals surface area (Å²) in [5.41, 5.74) is 1.80. The maximum absolute atomic E-state index is 9.78. The number of fused-ring (bicyclic) bond motifs is 1. The van der Waals surface area contributed by atoms with E-state index in [-0.39, 0.29) is 0 Å². The van der Waals surface area contributed by atoms with Crippen molar-refractivity contribution < 1.29 is 5.11 Å². The van der Waals surface area contributed by atoms with E-state index in [9.17, 15) is 5.11 Å². The van der Waals surface area contributed by atoms with E-state index in [1.807, 2.05) is 30.3 Å². The van der Waals surface area contributed by atoms with Gasteiger partial charge in [0, 0.05) is 11.6 Å². The fourth-order valence-electron chi connectivity index (χ4n) is 1.58. The van der Waals surface area contributed by atoms with Gasteiger partial charge in [0.15, 0.2) is 0 Å². The minimum absolute atomic E-state index is 0.478. The zero-order chi connectivity index (χ0) is 10.7. The Morgan fingerprint density at radius 3 is 3.07 bits per heavy atom. The van der Waals surface area contributed by atoms with E-state index in [0.29, 0.717) is 6.42 Å². The second kappa shape index (κ2) is 4.24. The maximum Gasteiger partial charge on any atom is 0.0825 e. The first-order valence-electron chi connectivity index (χ1n) is 4.95. The number of benzene rings is 1. The Morgan fingerprint density at radius 1 is 1.40 bits per heavy atom. The van der Waals surface area contributed by atoms with Crippen molar-refractivity contribution in [3.8, 4) is 0 Å². The second-order valence-corrected chi connectivity index (χ2v) is 3.50. The van der Waals surface area contributed by atoms with E-state index < -0.39 is 6.10 Å². The second-order valence-electron chi connectivity index (χ2n) is 3.50. The van der Waals surface area contributed by atoms with Crippen molar-refractivity contribution in [2.45, 2.75) is 12.5 Å². The van der Waals surface area contributed by atoms with Crippen LogP contribution in [0.4, 0.5) is 0 Å². The number of aromatic nitrogens is 1. The molecule has 2 rings (SSSR count). The topological polar surface area (TPSA) is 33.1 Å². The molecule has 76 valence electrons. The molecule has 0 aliphatic heterocycles. The highest BCUT2D eigenvalue weighted by atomic mass is 16.3. The molecule has 0 saturated carbocycles. The molecule has 15 heavy (non-hydrogen) atoms. The number of hydrogen-bond donors (Lipinski definition) is 1. The van der Waals surface area contributed by atoms with Crippen LogP contribution in [0.25, 0.3) is 10.9 Å². The molecular formula is C13H13NO. The van der Waals surface area contributed by atoms with Crippen molar-refractivity contribution in [2.75, 3.05) is 0 Å². The Morgan fingerprint density at radius 2 is 2.27 bits per heavy atom. The van der Waals surface area contributed by atoms with Gasteiger partial charge in [-0.3, -0.25) is 4.98 Å². The molecule has 1 aromatic carbocycles. The summed E-state index contributed by atoms with van der Waals surface area (Å²) in [7, 11) is 0. The minimum Gasteiger partial charge on any atom is -0.388 e. The van der Waals surface area contributed by atoms with Gasteiger partial charge in [0.05, 0.1) is 11.6 Å². The summed E-state index contributed by atoms with van der Waals surface area (Å²) in [5, 5.41) is 10.9. The molecule has 0 radical (unpaired) electrons. The van der Waals surface area contributed by atoms with E-state index in [1.54, 1.807) is 12.3 Å². The lowest BCUT2D eigenvalue weighted by Crippen LogP contribution is -1.95. The number of aliphatic hydroxyl groups excluding tert-OH is 1. The van der Waals surface area contributed by atoms with Gasteiger partial charge in [-0.15, -0.1) is 6.58 Å². The van der Waals surface area contributed by atoms with Crippen LogP contribution in [0.15, 0.2) is 49.2 Å². The molecule has 1 atom stereocenters. The van der Waals surface area contributed by atoms with Crippen LogP contribution in [0.3, 0.4) is 0 Å². The molecule has 0 saturated heterocycles. The molecule has 1 heterocycles. The van der Waals surface area contributed by atoms with Gasteiger partial charge in [0.25, 0.3) is 0 Å². The van der Waals surface area contributed by atoms with Crippen LogP contribution < -0.4 is 0 Å². The minimum atomic E-state index is -0.478. The highest BCUT2D eigenvalue weighted by Crippen LogP contribution is 2.21. The van der Waals surface area contributed by atoms with Crippen LogP contribution in [-0.2, 0) is 0 Å². The third-order valence-corrected chi connectivity index (χ3v) is 2.40. The molecule has 2 aromatic rings. The summed E-state index contributed by atoms with van der Waals surface area (Å²) in [6.45, 7) is 3.61. The fourth-order valence-corrected chi connectivity index (χ4v) is 1.58. The lowest BCUT2D eigenvalue weighted by molar-refractivity contribution is 0.182. The van der Waals surface area contributed by atoms with Gasteiger partial charge in [-0.25, -0.2) is 0 Å². The van der Waals surface area contributed by atoms with Gasteiger partial charge >= 0.3 is 0 Å². The Balaban J connectivity index is 2.42. The summed E-state index contributed by atoms with van der Waals surface area (Å²) >= 11 is 0. The largest absolute Gasteiger partial charge is 0.388 e. The lowest BCUT2D eigenvalue weighted by Gasteiger charge is -2.08. The molecule has 1 N–H and O–H groups in total. The maximum atomic E-state index is 9.78. The molecule has 0 spiro atoms. The smallest absolute Gasteiger partial charge is 0.0825 e. The van der Waals surface area contributed by atoms with E-state index in [1.165, 1.54) is 0 Å². The van der Waals surface area contributed by atoms with Crippen LogP contribution in [0.5, 0.6) is 0 Å². The fraction of sp³-hybridized carbons (Fsp3) is 0.154. The zero-order valence-corrected chi connectivity index (χ0v) is 8.43. The zero-order valence-electron chi connectivity index (χ0n) is 8.43. The standard InChI is InChI=1S/C13H13NO/c1-2-4-13(15)11-7-6-10-5-3-8-14-12(10)9-11/h2-3,5-9,13,15H,1,4H2. The number of rotatable bonds is 3. The predicted molar refractivity (Wildman–Crippen MR) is 61.5 cm³/mol. The average molecular weight is 199 g/mol. The number of pyridine rings is 1. The summed E-state index contributed by atoms with van der Waals surface area (Å²) in [6.07, 6.45) is 3.56. The van der Waals surface area contributed by atoms with E-state index in [0.717, 1.165) is 16.5 Å². The molecule has 1 aromatic heterocycles. The third kappa shape index (κ3) is 2.05. The molecule has 0 bridgehead atoms. The molecule has 1 unspecified atom stereocenters. The molecule has 0 fully saturated rings. The molecule has 0 aliphatic rings. The average Bonchev–Trinajstić information content (AvgIpc) is 2.29. The van der Waals surface area contributed by atoms with Gasteiger partial charge in [-0.05, 0) is 24.1 Å². The summed E-state index contributed by atoms with van der Waals surface area (Å²) in [6, 6.07) is 9.74. The predicted octanol–water partition coefficient (Wildman–Crippen LogP) is 2.84. The molecule has 0 amide bonds. The first kappa shape index (κ1) is 9.87. The van der Waals surface area contributed by atoms with Crippen molar-refractivity contribution in [3.63, 3.8) is 0 Å². The van der Waals surface area contributed by atoms with Crippen molar-refractivity contribution >= 4 is 10.9 Å². The van der Waals surface area contributed by atoms with Crippen LogP contribution in [0.1, 0.15) is 18.1 Å². The SMILES string of the molecule is C=CCC(O)c1ccc2cccnc2c1. The number of hydrogen-bond acceptors (Lipinski definition) is 2. The molecule has 0 aliphatic carbocycles. The Labute approximate surface area is 88.9 Å². The summed E-state index contributed by atoms with van der Waals surface area (Å²) in [5.74, 6) is 0. The molecular weight excluding hydrogens is 186 g/mol. The Bertz CT molecular complexity index is 479. The van der Waals surface area contributed by atoms with Crippen LogP contribution >= 0.6 is 0 Å². The van der Waals surface area contributed by atoms with Gasteiger partial charge in [-0.1, -0.05) is 24.3 Å². The molecule has 2 heteroatoms. The summed E-state index contributed by atoms with van der Waals surface area (Å²) < 4.78 is 0. The van der Waals surface area contributed by atoms with E-state index in [2.05, 4.69) is 11.6 Å². The number of nitrogens with zero attached hydrogens (tertiary/aromatic N) is 1. The van der Waals surface area contributed by atoms with Crippen LogP contribution in [0.2, 0.25) is 0 Å². The first-order chi connectivity index (χ1) is 7.31. The summed E-state index contributed by atoms with van der Waals surface area (Å²) in [4.78, 5) is 4.25. The monoisotopic (exact) mass is 199 g/mol. The highest BCUT2D eigenvalue weighted by Gasteiger charge is 2.05. The van der Waals surface area contributed by atoms with Crippen molar-refractivity contribution in [1.82, 2.24) is 4.98 Å². The number of aliphatic hydroxyl groups is 1. The van der Waals surface area contributed by atoms with E-state index >= 15 is 0 Å². The van der Waals surface area contributed by atoms with Crippen molar-refractivity contribution in [1.29, 1.82) is 0 Å². The van der Waals surface area contributed by atoms with Gasteiger partial charge in [0.1, 0.15) is 0 Å². The van der Waals surface area contributed by atoms with Gasteiger partial charge in [0.2, 0.25) is 0 Å². The van der Waals surface area contributed by atoms with Gasteiger partial charge in [-0.2, -0.15) is 0 Å². The Kier molecular flexibility index (Phi) is 2.79. The third-order valence-electron chi connectivity index (χ3n) is 2.40. The van der Waals surface area contributed by atoms with Crippen LogP contribution in [0, 0.1) is 0 Å². The van der Waals surface area contributed by atoms with E-state index in [4.69, 9.17) is 0 Å². The van der Waals surface area contributed by atoms with Gasteiger partial charge < -0.3 is 5.11 Å². The highest BCUT2D eigenvalue weighted by molar-refractivity contribution is 5.78. The lowest BCUT2D eigenvalue weighted by atomic mass is 10.0. The van der Waals surface area contributed by atoms with Crippen LogP contribution in [-0.4, -0.2) is 10.1 Å². The Hall–Kier alpha value is -1.67. The van der Waals surface area contributed by atoms with Crippen molar-refractivity contribution in [2.24, 2.45) is 0 Å². The molecule has 2 nitrogen and oxygen atoms in total. The normalized spacial score (nSPS) is 12.6. The first-order valence-corrected chi connectivity index (χ1v) is 4.95.